The van der Waals surface area contributed by atoms with E-state index in [9.17, 15) is 4.79 Å². The van der Waals surface area contributed by atoms with Crippen molar-refractivity contribution in [3.63, 3.8) is 0 Å². The van der Waals surface area contributed by atoms with Gasteiger partial charge >= 0.3 is 0 Å². The molecule has 19 heavy (non-hydrogen) atoms. The first kappa shape index (κ1) is 13.9. The van der Waals surface area contributed by atoms with Gasteiger partial charge in [-0.15, -0.1) is 0 Å². The highest BCUT2D eigenvalue weighted by Gasteiger charge is 2.12. The van der Waals surface area contributed by atoms with Gasteiger partial charge in [0, 0.05) is 16.7 Å². The summed E-state index contributed by atoms with van der Waals surface area (Å²) in [6.07, 6.45) is 1.77. The van der Waals surface area contributed by atoms with Crippen LogP contribution in [0.5, 0.6) is 5.75 Å². The molecule has 0 radical (unpaired) electrons. The van der Waals surface area contributed by atoms with Crippen LogP contribution in [0.1, 0.15) is 24.1 Å². The lowest BCUT2D eigenvalue weighted by atomic mass is 10.0. The number of hydrogen-bond donors (Lipinski definition) is 0. The molecular formula is C15H16BrNO2. The van der Waals surface area contributed by atoms with Gasteiger partial charge in [-0.2, -0.15) is 0 Å². The van der Waals surface area contributed by atoms with Crippen molar-refractivity contribution in [1.82, 2.24) is 4.57 Å². The monoisotopic (exact) mass is 321 g/mol. The average molecular weight is 322 g/mol. The van der Waals surface area contributed by atoms with Crippen molar-refractivity contribution in [2.24, 2.45) is 0 Å². The van der Waals surface area contributed by atoms with Gasteiger partial charge in [-0.25, -0.2) is 0 Å². The van der Waals surface area contributed by atoms with Crippen molar-refractivity contribution in [3.05, 3.63) is 62.5 Å². The summed E-state index contributed by atoms with van der Waals surface area (Å²) in [6.45, 7) is 4.06. The van der Waals surface area contributed by atoms with Crippen LogP contribution >= 0.6 is 15.9 Å². The van der Waals surface area contributed by atoms with Crippen LogP contribution in [0.15, 0.2) is 45.8 Å². The summed E-state index contributed by atoms with van der Waals surface area (Å²) >= 11 is 3.45. The highest BCUT2D eigenvalue weighted by Crippen LogP contribution is 2.23. The maximum Gasteiger partial charge on any atom is 0.254 e. The quantitative estimate of drug-likeness (QED) is 0.865. The summed E-state index contributed by atoms with van der Waals surface area (Å²) in [5.41, 5.74) is 2.23. The van der Waals surface area contributed by atoms with Gasteiger partial charge in [0.05, 0.1) is 13.2 Å². The second kappa shape index (κ2) is 5.61. The smallest absolute Gasteiger partial charge is 0.254 e. The molecule has 3 nitrogen and oxygen atoms in total. The molecule has 1 aromatic carbocycles. The van der Waals surface area contributed by atoms with Gasteiger partial charge in [-0.1, -0.05) is 22.0 Å². The average Bonchev–Trinajstić information content (AvgIpc) is 2.37. The molecule has 0 aliphatic rings. The predicted octanol–water partition coefficient (Wildman–Crippen LogP) is 3.54. The predicted molar refractivity (Wildman–Crippen MR) is 79.9 cm³/mol. The summed E-state index contributed by atoms with van der Waals surface area (Å²) in [7, 11) is 1.56. The molecular weight excluding hydrogens is 306 g/mol. The lowest BCUT2D eigenvalue weighted by molar-refractivity contribution is 0.411. The molecule has 1 atom stereocenters. The molecule has 1 aromatic heterocycles. The lowest BCUT2D eigenvalue weighted by Crippen LogP contribution is -2.23. The van der Waals surface area contributed by atoms with Crippen LogP contribution in [0.3, 0.4) is 0 Å². The molecule has 0 amide bonds. The van der Waals surface area contributed by atoms with Gasteiger partial charge in [0.15, 0.2) is 0 Å². The van der Waals surface area contributed by atoms with Crippen LogP contribution in [-0.4, -0.2) is 11.7 Å². The second-order valence-electron chi connectivity index (χ2n) is 4.49. The molecule has 0 fully saturated rings. The molecule has 0 saturated carbocycles. The fourth-order valence-corrected chi connectivity index (χ4v) is 2.65. The van der Waals surface area contributed by atoms with Crippen LogP contribution in [0, 0.1) is 6.92 Å². The maximum absolute atomic E-state index is 12.1. The minimum absolute atomic E-state index is 0.00786. The summed E-state index contributed by atoms with van der Waals surface area (Å²) < 4.78 is 7.81. The maximum atomic E-state index is 12.1. The van der Waals surface area contributed by atoms with Gasteiger partial charge in [0.1, 0.15) is 5.75 Å². The number of aromatic nitrogens is 1. The molecule has 100 valence electrons. The third kappa shape index (κ3) is 2.89. The van der Waals surface area contributed by atoms with Crippen molar-refractivity contribution in [3.8, 4) is 5.75 Å². The van der Waals surface area contributed by atoms with Crippen LogP contribution < -0.4 is 10.3 Å². The van der Waals surface area contributed by atoms with Gasteiger partial charge in [0.25, 0.3) is 5.56 Å². The minimum atomic E-state index is -0.0610. The van der Waals surface area contributed by atoms with E-state index in [0.29, 0.717) is 5.75 Å². The van der Waals surface area contributed by atoms with Gasteiger partial charge < -0.3 is 9.30 Å². The first-order valence-electron chi connectivity index (χ1n) is 6.05. The SMILES string of the molecule is COc1ccn(C(C)c2ccc(Br)cc2C)c(=O)c1. The van der Waals surface area contributed by atoms with E-state index in [1.54, 1.807) is 23.9 Å². The highest BCUT2D eigenvalue weighted by atomic mass is 79.9. The minimum Gasteiger partial charge on any atom is -0.497 e. The van der Waals surface area contributed by atoms with Crippen molar-refractivity contribution in [2.75, 3.05) is 7.11 Å². The Kier molecular flexibility index (Phi) is 4.10. The Bertz CT molecular complexity index is 649. The molecule has 0 saturated heterocycles. The molecule has 0 aliphatic heterocycles. The molecule has 0 N–H and O–H groups in total. The summed E-state index contributed by atoms with van der Waals surface area (Å²) in [5.74, 6) is 0.584. The summed E-state index contributed by atoms with van der Waals surface area (Å²) in [4.78, 5) is 12.1. The molecule has 2 aromatic rings. The number of hydrogen-bond acceptors (Lipinski definition) is 2. The molecule has 1 heterocycles. The van der Waals surface area contributed by atoms with Crippen molar-refractivity contribution in [1.29, 1.82) is 0 Å². The number of aryl methyl sites for hydroxylation is 1. The zero-order valence-corrected chi connectivity index (χ0v) is 12.8. The second-order valence-corrected chi connectivity index (χ2v) is 5.40. The van der Waals surface area contributed by atoms with Crippen molar-refractivity contribution in [2.45, 2.75) is 19.9 Å². The van der Waals surface area contributed by atoms with E-state index in [1.165, 1.54) is 6.07 Å². The number of nitrogens with zero attached hydrogens (tertiary/aromatic N) is 1. The number of pyridine rings is 1. The van der Waals surface area contributed by atoms with E-state index in [-0.39, 0.29) is 11.6 Å². The first-order chi connectivity index (χ1) is 9.02. The van der Waals surface area contributed by atoms with Crippen LogP contribution in [-0.2, 0) is 0 Å². The number of ether oxygens (including phenoxy) is 1. The fraction of sp³-hybridized carbons (Fsp3) is 0.267. The Morgan fingerprint density at radius 1 is 1.26 bits per heavy atom. The molecule has 0 bridgehead atoms. The van der Waals surface area contributed by atoms with Crippen LogP contribution in [0.4, 0.5) is 0 Å². The summed E-state index contributed by atoms with van der Waals surface area (Å²) in [6, 6.07) is 9.39. The summed E-state index contributed by atoms with van der Waals surface area (Å²) in [5, 5.41) is 0. The van der Waals surface area contributed by atoms with Crippen LogP contribution in [0.2, 0.25) is 0 Å². The van der Waals surface area contributed by atoms with E-state index in [0.717, 1.165) is 15.6 Å². The Morgan fingerprint density at radius 3 is 2.58 bits per heavy atom. The molecule has 2 rings (SSSR count). The van der Waals surface area contributed by atoms with E-state index in [1.807, 2.05) is 26.0 Å². The van der Waals surface area contributed by atoms with Crippen molar-refractivity contribution >= 4 is 15.9 Å². The zero-order chi connectivity index (χ0) is 14.0. The number of benzene rings is 1. The van der Waals surface area contributed by atoms with Gasteiger partial charge in [-0.3, -0.25) is 4.79 Å². The number of rotatable bonds is 3. The largest absolute Gasteiger partial charge is 0.497 e. The van der Waals surface area contributed by atoms with E-state index >= 15 is 0 Å². The first-order valence-corrected chi connectivity index (χ1v) is 6.84. The Morgan fingerprint density at radius 2 is 2.00 bits per heavy atom. The molecule has 0 aliphatic carbocycles. The zero-order valence-electron chi connectivity index (χ0n) is 11.2. The molecule has 4 heteroatoms. The normalized spacial score (nSPS) is 12.2. The van der Waals surface area contributed by atoms with E-state index < -0.39 is 0 Å². The number of halogens is 1. The van der Waals surface area contributed by atoms with E-state index in [4.69, 9.17) is 4.74 Å². The lowest BCUT2D eigenvalue weighted by Gasteiger charge is -2.18. The highest BCUT2D eigenvalue weighted by molar-refractivity contribution is 9.10. The van der Waals surface area contributed by atoms with Gasteiger partial charge in [-0.05, 0) is 43.2 Å². The van der Waals surface area contributed by atoms with Crippen molar-refractivity contribution < 1.29 is 4.74 Å². The number of methoxy groups -OCH3 is 1. The van der Waals surface area contributed by atoms with Gasteiger partial charge in [0.2, 0.25) is 0 Å². The third-order valence-corrected chi connectivity index (χ3v) is 3.75. The Labute approximate surface area is 121 Å². The standard InChI is InChI=1S/C15H16BrNO2/c1-10-8-12(16)4-5-14(10)11(2)17-7-6-13(19-3)9-15(17)18/h4-9,11H,1-3H3. The topological polar surface area (TPSA) is 31.2 Å². The molecule has 1 unspecified atom stereocenters. The Balaban J connectivity index is 2.44. The molecule has 0 spiro atoms. The fourth-order valence-electron chi connectivity index (χ4n) is 2.18. The third-order valence-electron chi connectivity index (χ3n) is 3.25. The van der Waals surface area contributed by atoms with Crippen LogP contribution in [0.25, 0.3) is 0 Å². The Hall–Kier alpha value is -1.55. The van der Waals surface area contributed by atoms with E-state index in [2.05, 4.69) is 22.0 Å².